The first-order chi connectivity index (χ1) is 9.78. The molecule has 0 aromatic heterocycles. The molecule has 0 bridgehead atoms. The van der Waals surface area contributed by atoms with Gasteiger partial charge in [0.05, 0.1) is 13.5 Å². The molecular formula is C13H19BrN2O4S. The largest absolute Gasteiger partial charge is 0.469 e. The second kappa shape index (κ2) is 7.88. The number of hydrogen-bond donors (Lipinski definition) is 0. The molecule has 118 valence electrons. The number of carbonyl (C=O) groups excluding carboxylic acids is 1. The zero-order valence-electron chi connectivity index (χ0n) is 12.2. The summed E-state index contributed by atoms with van der Waals surface area (Å²) in [6.45, 7) is 0.321. The van der Waals surface area contributed by atoms with E-state index in [-0.39, 0.29) is 19.5 Å². The zero-order chi connectivity index (χ0) is 16.0. The van der Waals surface area contributed by atoms with Crippen molar-refractivity contribution >= 4 is 32.1 Å². The van der Waals surface area contributed by atoms with Crippen molar-refractivity contribution in [3.63, 3.8) is 0 Å². The van der Waals surface area contributed by atoms with E-state index >= 15 is 0 Å². The minimum atomic E-state index is -3.62. The first-order valence-corrected chi connectivity index (χ1v) is 8.46. The molecular weight excluding hydrogens is 360 g/mol. The van der Waals surface area contributed by atoms with Gasteiger partial charge in [0.25, 0.3) is 10.2 Å². The number of hydrogen-bond acceptors (Lipinski definition) is 4. The van der Waals surface area contributed by atoms with Gasteiger partial charge in [0.2, 0.25) is 0 Å². The van der Waals surface area contributed by atoms with Crippen LogP contribution in [0.4, 0.5) is 0 Å². The quantitative estimate of drug-likeness (QED) is 0.676. The van der Waals surface area contributed by atoms with Crippen molar-refractivity contribution < 1.29 is 17.9 Å². The number of carbonyl (C=O) groups is 1. The summed E-state index contributed by atoms with van der Waals surface area (Å²) in [5.41, 5.74) is 0.866. The van der Waals surface area contributed by atoms with E-state index in [1.165, 1.54) is 25.5 Å². The molecule has 0 amide bonds. The number of benzene rings is 1. The van der Waals surface area contributed by atoms with Gasteiger partial charge >= 0.3 is 5.97 Å². The van der Waals surface area contributed by atoms with Crippen LogP contribution in [0.1, 0.15) is 12.0 Å². The summed E-state index contributed by atoms with van der Waals surface area (Å²) in [5.74, 6) is -0.439. The number of methoxy groups -OCH3 is 1. The Balaban J connectivity index is 2.73. The highest BCUT2D eigenvalue weighted by Crippen LogP contribution is 2.19. The standard InChI is InChI=1S/C13H19BrN2O4S/c1-15(9-8-13(17)20-3)21(18,19)16(2)10-11-6-4-5-7-12(11)14/h4-7H,8-10H2,1-3H3. The molecule has 0 saturated heterocycles. The molecule has 0 heterocycles. The summed E-state index contributed by atoms with van der Waals surface area (Å²) >= 11 is 3.39. The van der Waals surface area contributed by atoms with Gasteiger partial charge in [0.15, 0.2) is 0 Å². The molecule has 0 aliphatic carbocycles. The summed E-state index contributed by atoms with van der Waals surface area (Å²) in [6.07, 6.45) is 0.0229. The second-order valence-corrected chi connectivity index (χ2v) is 7.50. The van der Waals surface area contributed by atoms with E-state index in [9.17, 15) is 13.2 Å². The highest BCUT2D eigenvalue weighted by Gasteiger charge is 2.24. The summed E-state index contributed by atoms with van der Waals surface area (Å²) < 4.78 is 32.4. The summed E-state index contributed by atoms with van der Waals surface area (Å²) in [6, 6.07) is 7.42. The number of esters is 1. The Morgan fingerprint density at radius 3 is 2.43 bits per heavy atom. The van der Waals surface area contributed by atoms with Gasteiger partial charge in [-0.1, -0.05) is 34.1 Å². The van der Waals surface area contributed by atoms with Crippen LogP contribution < -0.4 is 0 Å². The molecule has 0 saturated carbocycles. The van der Waals surface area contributed by atoms with Crippen LogP contribution in [-0.2, 0) is 26.3 Å². The molecule has 0 spiro atoms. The molecule has 1 rings (SSSR count). The van der Waals surface area contributed by atoms with Crippen LogP contribution in [0, 0.1) is 0 Å². The Bertz CT molecular complexity index is 592. The number of nitrogens with zero attached hydrogens (tertiary/aromatic N) is 2. The van der Waals surface area contributed by atoms with E-state index in [0.717, 1.165) is 14.3 Å². The molecule has 1 aromatic carbocycles. The third-order valence-corrected chi connectivity index (χ3v) is 5.66. The fourth-order valence-corrected chi connectivity index (χ4v) is 3.16. The van der Waals surface area contributed by atoms with Crippen LogP contribution >= 0.6 is 15.9 Å². The molecule has 1 aromatic rings. The SMILES string of the molecule is COC(=O)CCN(C)S(=O)(=O)N(C)Cc1ccccc1Br. The maximum absolute atomic E-state index is 12.3. The molecule has 0 unspecified atom stereocenters. The molecule has 21 heavy (non-hydrogen) atoms. The smallest absolute Gasteiger partial charge is 0.306 e. The average molecular weight is 379 g/mol. The van der Waals surface area contributed by atoms with Gasteiger partial charge in [-0.3, -0.25) is 4.79 Å². The Labute approximate surface area is 134 Å². The topological polar surface area (TPSA) is 66.9 Å². The summed E-state index contributed by atoms with van der Waals surface area (Å²) in [7, 11) is 0.597. The molecule has 0 radical (unpaired) electrons. The van der Waals surface area contributed by atoms with Crippen molar-refractivity contribution in [3.05, 3.63) is 34.3 Å². The lowest BCUT2D eigenvalue weighted by Gasteiger charge is -2.24. The van der Waals surface area contributed by atoms with Crippen LogP contribution in [0.5, 0.6) is 0 Å². The fraction of sp³-hybridized carbons (Fsp3) is 0.462. The molecule has 0 N–H and O–H groups in total. The van der Waals surface area contributed by atoms with Crippen LogP contribution in [0.2, 0.25) is 0 Å². The van der Waals surface area contributed by atoms with Gasteiger partial charge < -0.3 is 4.74 Å². The second-order valence-electron chi connectivity index (χ2n) is 4.50. The van der Waals surface area contributed by atoms with Crippen LogP contribution in [0.3, 0.4) is 0 Å². The Hall–Kier alpha value is -0.960. The predicted molar refractivity (Wildman–Crippen MR) is 83.8 cm³/mol. The first-order valence-electron chi connectivity index (χ1n) is 6.27. The van der Waals surface area contributed by atoms with Gasteiger partial charge in [0, 0.05) is 31.7 Å². The highest BCUT2D eigenvalue weighted by atomic mass is 79.9. The third kappa shape index (κ3) is 5.06. The van der Waals surface area contributed by atoms with Gasteiger partial charge in [0.1, 0.15) is 0 Å². The minimum Gasteiger partial charge on any atom is -0.469 e. The van der Waals surface area contributed by atoms with E-state index in [4.69, 9.17) is 0 Å². The van der Waals surface area contributed by atoms with Crippen LogP contribution in [0.25, 0.3) is 0 Å². The lowest BCUT2D eigenvalue weighted by molar-refractivity contribution is -0.140. The van der Waals surface area contributed by atoms with Gasteiger partial charge in [-0.25, -0.2) is 0 Å². The van der Waals surface area contributed by atoms with E-state index < -0.39 is 16.2 Å². The van der Waals surface area contributed by atoms with Gasteiger partial charge in [-0.15, -0.1) is 0 Å². The van der Waals surface area contributed by atoms with Gasteiger partial charge in [-0.05, 0) is 11.6 Å². The Morgan fingerprint density at radius 1 is 1.24 bits per heavy atom. The Kier molecular flexibility index (Phi) is 6.79. The van der Waals surface area contributed by atoms with Crippen molar-refractivity contribution in [2.75, 3.05) is 27.7 Å². The third-order valence-electron chi connectivity index (χ3n) is 3.00. The van der Waals surface area contributed by atoms with E-state index in [2.05, 4.69) is 20.7 Å². The molecule has 8 heteroatoms. The molecule has 0 atom stereocenters. The normalized spacial score (nSPS) is 11.9. The summed E-state index contributed by atoms with van der Waals surface area (Å²) in [5, 5.41) is 0. The van der Waals surface area contributed by atoms with Crippen molar-refractivity contribution in [1.82, 2.24) is 8.61 Å². The summed E-state index contributed by atoms with van der Waals surface area (Å²) in [4.78, 5) is 11.1. The number of halogens is 1. The van der Waals surface area contributed by atoms with Crippen molar-refractivity contribution in [1.29, 1.82) is 0 Å². The van der Waals surface area contributed by atoms with Crippen LogP contribution in [-0.4, -0.2) is 50.7 Å². The van der Waals surface area contributed by atoms with E-state index in [1.807, 2.05) is 24.3 Å². The maximum Gasteiger partial charge on any atom is 0.306 e. The zero-order valence-corrected chi connectivity index (χ0v) is 14.6. The highest BCUT2D eigenvalue weighted by molar-refractivity contribution is 9.10. The number of ether oxygens (including phenoxy) is 1. The average Bonchev–Trinajstić information content (AvgIpc) is 2.46. The maximum atomic E-state index is 12.3. The van der Waals surface area contributed by atoms with E-state index in [1.54, 1.807) is 0 Å². The molecule has 0 fully saturated rings. The Morgan fingerprint density at radius 2 is 1.86 bits per heavy atom. The first kappa shape index (κ1) is 18.1. The molecule has 0 aliphatic heterocycles. The monoisotopic (exact) mass is 378 g/mol. The molecule has 0 aliphatic rings. The lowest BCUT2D eigenvalue weighted by atomic mass is 10.2. The van der Waals surface area contributed by atoms with Crippen molar-refractivity contribution in [3.8, 4) is 0 Å². The van der Waals surface area contributed by atoms with E-state index in [0.29, 0.717) is 0 Å². The minimum absolute atomic E-state index is 0.0229. The lowest BCUT2D eigenvalue weighted by Crippen LogP contribution is -2.40. The molecule has 6 nitrogen and oxygen atoms in total. The van der Waals surface area contributed by atoms with Crippen LogP contribution in [0.15, 0.2) is 28.7 Å². The van der Waals surface area contributed by atoms with Crippen molar-refractivity contribution in [2.45, 2.75) is 13.0 Å². The van der Waals surface area contributed by atoms with Gasteiger partial charge in [-0.2, -0.15) is 17.0 Å². The number of rotatable bonds is 7. The fourth-order valence-electron chi connectivity index (χ4n) is 1.65. The van der Waals surface area contributed by atoms with Crippen molar-refractivity contribution in [2.24, 2.45) is 0 Å². The predicted octanol–water partition coefficient (Wildman–Crippen LogP) is 1.62.